The molecule has 138 valence electrons. The molecule has 0 spiro atoms. The van der Waals surface area contributed by atoms with Gasteiger partial charge in [-0.2, -0.15) is 5.10 Å². The van der Waals surface area contributed by atoms with E-state index in [0.29, 0.717) is 18.8 Å². The molecule has 0 aliphatic heterocycles. The predicted octanol–water partition coefficient (Wildman–Crippen LogP) is 2.41. The molecule has 0 saturated carbocycles. The molecule has 1 aromatic heterocycles. The van der Waals surface area contributed by atoms with Crippen LogP contribution in [-0.4, -0.2) is 28.8 Å². The van der Waals surface area contributed by atoms with Crippen LogP contribution in [0.25, 0.3) is 11.3 Å². The number of carbonyl (C=O) groups is 1. The van der Waals surface area contributed by atoms with Crippen molar-refractivity contribution in [3.63, 3.8) is 0 Å². The van der Waals surface area contributed by atoms with Gasteiger partial charge in [-0.1, -0.05) is 48.0 Å². The van der Waals surface area contributed by atoms with Crippen molar-refractivity contribution in [2.45, 2.75) is 13.5 Å². The molecule has 1 amide bonds. The average molecular weight is 363 g/mol. The Kier molecular flexibility index (Phi) is 5.99. The summed E-state index contributed by atoms with van der Waals surface area (Å²) >= 11 is 0. The Morgan fingerprint density at radius 2 is 1.78 bits per heavy atom. The minimum atomic E-state index is -0.319. The lowest BCUT2D eigenvalue weighted by molar-refractivity contribution is -0.122. The first-order valence-corrected chi connectivity index (χ1v) is 8.71. The number of aromatic nitrogens is 2. The SMILES string of the molecule is Cc1ccc(OCCNC(=O)Cn2nc(-c3ccccc3)ccc2=O)cc1. The van der Waals surface area contributed by atoms with Crippen molar-refractivity contribution in [3.8, 4) is 17.0 Å². The summed E-state index contributed by atoms with van der Waals surface area (Å²) in [5, 5.41) is 7.01. The lowest BCUT2D eigenvalue weighted by Gasteiger charge is -2.09. The Bertz CT molecular complexity index is 950. The van der Waals surface area contributed by atoms with Crippen LogP contribution < -0.4 is 15.6 Å². The van der Waals surface area contributed by atoms with Crippen LogP contribution in [0.2, 0.25) is 0 Å². The predicted molar refractivity (Wildman–Crippen MR) is 104 cm³/mol. The topological polar surface area (TPSA) is 73.2 Å². The van der Waals surface area contributed by atoms with Gasteiger partial charge in [0.1, 0.15) is 18.9 Å². The van der Waals surface area contributed by atoms with Gasteiger partial charge in [-0.15, -0.1) is 0 Å². The van der Waals surface area contributed by atoms with Gasteiger partial charge in [0.25, 0.3) is 5.56 Å². The standard InChI is InChI=1S/C21H21N3O3/c1-16-7-9-18(10-8-16)27-14-13-22-20(25)15-24-21(26)12-11-19(23-24)17-5-3-2-4-6-17/h2-12H,13-15H2,1H3,(H,22,25). The van der Waals surface area contributed by atoms with Crippen LogP contribution in [-0.2, 0) is 11.3 Å². The molecule has 6 heteroatoms. The van der Waals surface area contributed by atoms with E-state index in [1.807, 2.05) is 61.5 Å². The molecule has 6 nitrogen and oxygen atoms in total. The number of nitrogens with zero attached hydrogens (tertiary/aromatic N) is 2. The number of hydrogen-bond acceptors (Lipinski definition) is 4. The van der Waals surface area contributed by atoms with Crippen molar-refractivity contribution in [2.24, 2.45) is 0 Å². The molecule has 0 atom stereocenters. The molecule has 2 aromatic carbocycles. The van der Waals surface area contributed by atoms with Crippen LogP contribution in [0.3, 0.4) is 0 Å². The van der Waals surface area contributed by atoms with Gasteiger partial charge in [-0.3, -0.25) is 9.59 Å². The highest BCUT2D eigenvalue weighted by molar-refractivity contribution is 5.75. The zero-order valence-corrected chi connectivity index (χ0v) is 15.1. The van der Waals surface area contributed by atoms with Crippen molar-refractivity contribution in [3.05, 3.63) is 82.6 Å². The quantitative estimate of drug-likeness (QED) is 0.654. The monoisotopic (exact) mass is 363 g/mol. The van der Waals surface area contributed by atoms with Crippen LogP contribution in [0.1, 0.15) is 5.56 Å². The van der Waals surface area contributed by atoms with E-state index < -0.39 is 0 Å². The first-order chi connectivity index (χ1) is 13.1. The maximum absolute atomic E-state index is 12.1. The van der Waals surface area contributed by atoms with Gasteiger partial charge >= 0.3 is 0 Å². The third-order valence-corrected chi connectivity index (χ3v) is 3.94. The molecule has 27 heavy (non-hydrogen) atoms. The van der Waals surface area contributed by atoms with Gasteiger partial charge in [0, 0.05) is 11.6 Å². The summed E-state index contributed by atoms with van der Waals surface area (Å²) in [6, 6.07) is 20.3. The van der Waals surface area contributed by atoms with Crippen LogP contribution in [0.4, 0.5) is 0 Å². The number of benzene rings is 2. The molecule has 0 aliphatic rings. The van der Waals surface area contributed by atoms with Gasteiger partial charge in [-0.25, -0.2) is 4.68 Å². The Morgan fingerprint density at radius 3 is 2.52 bits per heavy atom. The number of rotatable bonds is 7. The van der Waals surface area contributed by atoms with Crippen LogP contribution in [0, 0.1) is 6.92 Å². The molecular weight excluding hydrogens is 342 g/mol. The first-order valence-electron chi connectivity index (χ1n) is 8.71. The summed E-state index contributed by atoms with van der Waals surface area (Å²) in [5.74, 6) is 0.464. The summed E-state index contributed by atoms with van der Waals surface area (Å²) in [7, 11) is 0. The molecule has 1 N–H and O–H groups in total. The Morgan fingerprint density at radius 1 is 1.04 bits per heavy atom. The smallest absolute Gasteiger partial charge is 0.267 e. The van der Waals surface area contributed by atoms with Gasteiger partial charge in [0.15, 0.2) is 0 Å². The van der Waals surface area contributed by atoms with E-state index in [1.54, 1.807) is 6.07 Å². The van der Waals surface area contributed by atoms with Crippen LogP contribution in [0.5, 0.6) is 5.75 Å². The van der Waals surface area contributed by atoms with Gasteiger partial charge in [-0.05, 0) is 25.1 Å². The van der Waals surface area contributed by atoms with E-state index in [-0.39, 0.29) is 18.0 Å². The zero-order chi connectivity index (χ0) is 19.1. The largest absolute Gasteiger partial charge is 0.492 e. The van der Waals surface area contributed by atoms with Crippen molar-refractivity contribution in [2.75, 3.05) is 13.2 Å². The van der Waals surface area contributed by atoms with E-state index >= 15 is 0 Å². The highest BCUT2D eigenvalue weighted by Crippen LogP contribution is 2.14. The van der Waals surface area contributed by atoms with Crippen LogP contribution in [0.15, 0.2) is 71.5 Å². The molecule has 3 rings (SSSR count). The number of carbonyl (C=O) groups excluding carboxylic acids is 1. The third-order valence-electron chi connectivity index (χ3n) is 3.94. The van der Waals surface area contributed by atoms with Crippen LogP contribution >= 0.6 is 0 Å². The maximum Gasteiger partial charge on any atom is 0.267 e. The van der Waals surface area contributed by atoms with E-state index in [1.165, 1.54) is 10.7 Å². The highest BCUT2D eigenvalue weighted by atomic mass is 16.5. The van der Waals surface area contributed by atoms with E-state index in [9.17, 15) is 9.59 Å². The lowest BCUT2D eigenvalue weighted by atomic mass is 10.1. The average Bonchev–Trinajstić information content (AvgIpc) is 2.69. The van der Waals surface area contributed by atoms with E-state index in [4.69, 9.17) is 4.74 Å². The van der Waals surface area contributed by atoms with Crippen molar-refractivity contribution in [1.29, 1.82) is 0 Å². The Hall–Kier alpha value is -3.41. The molecule has 0 radical (unpaired) electrons. The summed E-state index contributed by atoms with van der Waals surface area (Å²) in [6.07, 6.45) is 0. The second kappa shape index (κ2) is 8.80. The van der Waals surface area contributed by atoms with Gasteiger partial charge < -0.3 is 10.1 Å². The lowest BCUT2D eigenvalue weighted by Crippen LogP contribution is -2.35. The molecule has 0 aliphatic carbocycles. The van der Waals surface area contributed by atoms with E-state index in [2.05, 4.69) is 10.4 Å². The van der Waals surface area contributed by atoms with Gasteiger partial charge in [0.2, 0.25) is 5.91 Å². The normalized spacial score (nSPS) is 10.4. The van der Waals surface area contributed by atoms with Crippen molar-refractivity contribution < 1.29 is 9.53 Å². The molecule has 0 unspecified atom stereocenters. The van der Waals surface area contributed by atoms with E-state index in [0.717, 1.165) is 16.9 Å². The third kappa shape index (κ3) is 5.28. The number of ether oxygens (including phenoxy) is 1. The minimum absolute atomic E-state index is 0.135. The molecule has 1 heterocycles. The zero-order valence-electron chi connectivity index (χ0n) is 15.1. The number of aryl methyl sites for hydroxylation is 1. The maximum atomic E-state index is 12.1. The summed E-state index contributed by atoms with van der Waals surface area (Å²) < 4.78 is 6.73. The molecular formula is C21H21N3O3. The minimum Gasteiger partial charge on any atom is -0.492 e. The first kappa shape index (κ1) is 18.4. The number of hydrogen-bond donors (Lipinski definition) is 1. The van der Waals surface area contributed by atoms with Crippen molar-refractivity contribution >= 4 is 5.91 Å². The Labute approximate surface area is 157 Å². The van der Waals surface area contributed by atoms with Gasteiger partial charge in [0.05, 0.1) is 12.2 Å². The summed E-state index contributed by atoms with van der Waals surface area (Å²) in [5.41, 5.74) is 2.37. The number of amides is 1. The fourth-order valence-corrected chi connectivity index (χ4v) is 2.51. The molecule has 3 aromatic rings. The summed E-state index contributed by atoms with van der Waals surface area (Å²) in [4.78, 5) is 24.1. The second-order valence-electron chi connectivity index (χ2n) is 6.09. The Balaban J connectivity index is 1.53. The molecule has 0 bridgehead atoms. The fourth-order valence-electron chi connectivity index (χ4n) is 2.51. The summed E-state index contributed by atoms with van der Waals surface area (Å²) in [6.45, 7) is 2.57. The second-order valence-corrected chi connectivity index (χ2v) is 6.09. The number of nitrogens with one attached hydrogen (secondary N) is 1. The highest BCUT2D eigenvalue weighted by Gasteiger charge is 2.07. The van der Waals surface area contributed by atoms with Crippen molar-refractivity contribution in [1.82, 2.24) is 15.1 Å². The fraction of sp³-hybridized carbons (Fsp3) is 0.190. The molecule has 0 fully saturated rings. The molecule has 0 saturated heterocycles.